The SMILES string of the molecule is Cc1nc2c(C#N)c(C(F)F)nn2c(N2CC(O)C2)c1-c1nccc2c(F)c(C3CC3)ccc12. The lowest BCUT2D eigenvalue weighted by molar-refractivity contribution is 0.140. The van der Waals surface area contributed by atoms with Crippen LogP contribution in [0.5, 0.6) is 0 Å². The van der Waals surface area contributed by atoms with E-state index in [2.05, 4.69) is 15.1 Å². The molecule has 4 aromatic rings. The zero-order chi connectivity index (χ0) is 23.7. The number of benzene rings is 1. The minimum Gasteiger partial charge on any atom is -0.389 e. The van der Waals surface area contributed by atoms with E-state index in [4.69, 9.17) is 0 Å². The summed E-state index contributed by atoms with van der Waals surface area (Å²) >= 11 is 0. The van der Waals surface area contributed by atoms with Crippen LogP contribution in [0.3, 0.4) is 0 Å². The fourth-order valence-corrected chi connectivity index (χ4v) is 4.76. The van der Waals surface area contributed by atoms with Gasteiger partial charge in [-0.15, -0.1) is 0 Å². The zero-order valence-electron chi connectivity index (χ0n) is 18.1. The second-order valence-electron chi connectivity index (χ2n) is 8.86. The van der Waals surface area contributed by atoms with Crippen LogP contribution in [0, 0.1) is 24.1 Å². The summed E-state index contributed by atoms with van der Waals surface area (Å²) in [4.78, 5) is 10.8. The Morgan fingerprint density at radius 2 is 1.94 bits per heavy atom. The number of β-amino-alcohol motifs (C(OH)–C–C–N with tert-alkyl or cyclic N) is 1. The Kier molecular flexibility index (Phi) is 4.54. The van der Waals surface area contributed by atoms with Gasteiger partial charge in [-0.25, -0.2) is 18.2 Å². The summed E-state index contributed by atoms with van der Waals surface area (Å²) in [5.74, 6) is 0.352. The van der Waals surface area contributed by atoms with Gasteiger partial charge in [0.2, 0.25) is 0 Å². The van der Waals surface area contributed by atoms with Crippen molar-refractivity contribution in [3.05, 3.63) is 52.7 Å². The normalized spacial score (nSPS) is 16.4. The van der Waals surface area contributed by atoms with E-state index in [1.54, 1.807) is 30.0 Å². The van der Waals surface area contributed by atoms with E-state index in [0.717, 1.165) is 12.8 Å². The van der Waals surface area contributed by atoms with Gasteiger partial charge in [-0.05, 0) is 37.3 Å². The van der Waals surface area contributed by atoms with Gasteiger partial charge in [0.25, 0.3) is 6.43 Å². The largest absolute Gasteiger partial charge is 0.389 e. The summed E-state index contributed by atoms with van der Waals surface area (Å²) in [5.41, 5.74) is 1.13. The minimum absolute atomic E-state index is 0.0119. The summed E-state index contributed by atoms with van der Waals surface area (Å²) in [6, 6.07) is 7.05. The molecule has 0 atom stereocenters. The van der Waals surface area contributed by atoms with Crippen LogP contribution in [-0.4, -0.2) is 43.9 Å². The summed E-state index contributed by atoms with van der Waals surface area (Å²) in [7, 11) is 0. The van der Waals surface area contributed by atoms with Crippen molar-refractivity contribution in [3.8, 4) is 17.3 Å². The van der Waals surface area contributed by atoms with Crippen LogP contribution in [0.2, 0.25) is 0 Å². The number of alkyl halides is 2. The summed E-state index contributed by atoms with van der Waals surface area (Å²) in [5, 5.41) is 24.5. The first-order chi connectivity index (χ1) is 16.4. The average Bonchev–Trinajstić information content (AvgIpc) is 3.56. The lowest BCUT2D eigenvalue weighted by Gasteiger charge is -2.39. The van der Waals surface area contributed by atoms with Gasteiger partial charge in [-0.1, -0.05) is 12.1 Å². The Hall–Kier alpha value is -3.71. The molecule has 1 aliphatic carbocycles. The molecule has 4 heterocycles. The first-order valence-corrected chi connectivity index (χ1v) is 11.0. The summed E-state index contributed by atoms with van der Waals surface area (Å²) in [6.07, 6.45) is -0.0933. The molecule has 1 aliphatic heterocycles. The standard InChI is InChI=1S/C24H19F3N6O/c1-11-18(20-16-5-4-14(12-2-3-12)19(25)15(16)6-7-29-20)24(32-9-13(34)10-32)33-23(30-11)17(8-28)21(31-33)22(26)27/h4-7,12-13,22,34H,2-3,9-10H2,1H3. The third kappa shape index (κ3) is 2.97. The molecule has 10 heteroatoms. The predicted octanol–water partition coefficient (Wildman–Crippen LogP) is 4.26. The molecule has 0 bridgehead atoms. The number of aryl methyl sites for hydroxylation is 1. The van der Waals surface area contributed by atoms with Crippen molar-refractivity contribution in [2.45, 2.75) is 38.2 Å². The quantitative estimate of drug-likeness (QED) is 0.485. The second kappa shape index (κ2) is 7.40. The molecule has 7 nitrogen and oxygen atoms in total. The second-order valence-corrected chi connectivity index (χ2v) is 8.86. The monoisotopic (exact) mass is 464 g/mol. The highest BCUT2D eigenvalue weighted by Crippen LogP contribution is 2.44. The van der Waals surface area contributed by atoms with Crippen LogP contribution in [0.4, 0.5) is 19.0 Å². The number of halogens is 3. The van der Waals surface area contributed by atoms with Crippen molar-refractivity contribution in [1.29, 1.82) is 5.26 Å². The van der Waals surface area contributed by atoms with Crippen LogP contribution in [-0.2, 0) is 0 Å². The third-order valence-electron chi connectivity index (χ3n) is 6.59. The molecule has 1 saturated carbocycles. The lowest BCUT2D eigenvalue weighted by atomic mass is 9.98. The van der Waals surface area contributed by atoms with Crippen LogP contribution < -0.4 is 4.90 Å². The number of aliphatic hydroxyl groups is 1. The van der Waals surface area contributed by atoms with Crippen LogP contribution in [0.15, 0.2) is 24.4 Å². The highest BCUT2D eigenvalue weighted by Gasteiger charge is 2.34. The highest BCUT2D eigenvalue weighted by atomic mass is 19.3. The molecule has 2 aliphatic rings. The van der Waals surface area contributed by atoms with E-state index in [1.165, 1.54) is 10.7 Å². The molecule has 2 fully saturated rings. The van der Waals surface area contributed by atoms with E-state index in [-0.39, 0.29) is 36.0 Å². The van der Waals surface area contributed by atoms with Gasteiger partial charge in [0, 0.05) is 30.1 Å². The maximum Gasteiger partial charge on any atom is 0.283 e. The van der Waals surface area contributed by atoms with Crippen LogP contribution in [0.1, 0.15) is 47.7 Å². The van der Waals surface area contributed by atoms with Gasteiger partial charge in [-0.3, -0.25) is 4.98 Å². The molecule has 0 unspecified atom stereocenters. The molecule has 0 radical (unpaired) electrons. The zero-order valence-corrected chi connectivity index (χ0v) is 18.1. The Bertz CT molecular complexity index is 1520. The number of rotatable bonds is 4. The van der Waals surface area contributed by atoms with Crippen LogP contribution >= 0.6 is 0 Å². The van der Waals surface area contributed by atoms with E-state index in [1.807, 2.05) is 6.07 Å². The van der Waals surface area contributed by atoms with Gasteiger partial charge in [0.05, 0.1) is 23.1 Å². The average molecular weight is 464 g/mol. The van der Waals surface area contributed by atoms with Crippen molar-refractivity contribution in [1.82, 2.24) is 19.6 Å². The van der Waals surface area contributed by atoms with E-state index in [9.17, 15) is 19.1 Å². The molecular weight excluding hydrogens is 445 g/mol. The fraction of sp³-hybridized carbons (Fsp3) is 0.333. The number of fused-ring (bicyclic) bond motifs is 2. The van der Waals surface area contributed by atoms with E-state index in [0.29, 0.717) is 39.1 Å². The first-order valence-electron chi connectivity index (χ1n) is 11.0. The van der Waals surface area contributed by atoms with Crippen molar-refractivity contribution in [2.75, 3.05) is 18.0 Å². The summed E-state index contributed by atoms with van der Waals surface area (Å²) < 4.78 is 43.9. The Balaban J connectivity index is 1.67. The van der Waals surface area contributed by atoms with Gasteiger partial charge in [-0.2, -0.15) is 14.9 Å². The number of hydrogen-bond donors (Lipinski definition) is 1. The molecule has 34 heavy (non-hydrogen) atoms. The topological polar surface area (TPSA) is 90.3 Å². The van der Waals surface area contributed by atoms with Crippen molar-refractivity contribution in [3.63, 3.8) is 0 Å². The molecule has 1 aromatic carbocycles. The molecule has 172 valence electrons. The predicted molar refractivity (Wildman–Crippen MR) is 118 cm³/mol. The minimum atomic E-state index is -2.96. The Morgan fingerprint density at radius 3 is 2.59 bits per heavy atom. The first kappa shape index (κ1) is 20.9. The number of pyridine rings is 1. The van der Waals surface area contributed by atoms with Crippen molar-refractivity contribution in [2.24, 2.45) is 0 Å². The maximum atomic E-state index is 15.4. The maximum absolute atomic E-state index is 15.4. The fourth-order valence-electron chi connectivity index (χ4n) is 4.76. The lowest BCUT2D eigenvalue weighted by Crippen LogP contribution is -2.52. The number of nitrogens with zero attached hydrogens (tertiary/aromatic N) is 6. The highest BCUT2D eigenvalue weighted by molar-refractivity contribution is 5.99. The van der Waals surface area contributed by atoms with Gasteiger partial charge in [0.15, 0.2) is 5.65 Å². The third-order valence-corrected chi connectivity index (χ3v) is 6.59. The molecule has 6 rings (SSSR count). The van der Waals surface area contributed by atoms with Gasteiger partial charge < -0.3 is 10.0 Å². The summed E-state index contributed by atoms with van der Waals surface area (Å²) in [6.45, 7) is 2.20. The number of anilines is 1. The molecule has 1 N–H and O–H groups in total. The number of hydrogen-bond acceptors (Lipinski definition) is 6. The molecule has 0 amide bonds. The smallest absolute Gasteiger partial charge is 0.283 e. The van der Waals surface area contributed by atoms with Gasteiger partial charge >= 0.3 is 0 Å². The van der Waals surface area contributed by atoms with Gasteiger partial charge in [0.1, 0.15) is 29.0 Å². The Morgan fingerprint density at radius 1 is 1.18 bits per heavy atom. The van der Waals surface area contributed by atoms with Crippen LogP contribution in [0.25, 0.3) is 27.7 Å². The molecule has 0 spiro atoms. The van der Waals surface area contributed by atoms with E-state index < -0.39 is 18.2 Å². The Labute approximate surface area is 192 Å². The van der Waals surface area contributed by atoms with Crippen molar-refractivity contribution < 1.29 is 18.3 Å². The molecule has 1 saturated heterocycles. The molecule has 3 aromatic heterocycles. The van der Waals surface area contributed by atoms with E-state index >= 15 is 4.39 Å². The molecular formula is C24H19F3N6O. The van der Waals surface area contributed by atoms with Crippen molar-refractivity contribution >= 4 is 22.2 Å². The number of aromatic nitrogens is 4. The number of aliphatic hydroxyl groups excluding tert-OH is 1. The number of nitriles is 1.